The predicted octanol–water partition coefficient (Wildman–Crippen LogP) is 4.88. The Labute approximate surface area is 281 Å². The fourth-order valence-electron chi connectivity index (χ4n) is 5.42. The monoisotopic (exact) mass is 714 g/mol. The minimum absolute atomic E-state index is 0.0000291. The van der Waals surface area contributed by atoms with Gasteiger partial charge >= 0.3 is 18.2 Å². The second-order valence-electron chi connectivity index (χ2n) is 11.5. The van der Waals surface area contributed by atoms with Crippen LogP contribution in [0.2, 0.25) is 0 Å². The van der Waals surface area contributed by atoms with Crippen LogP contribution in [0.4, 0.5) is 35.5 Å². The number of rotatable bonds is 14. The van der Waals surface area contributed by atoms with Crippen LogP contribution in [0, 0.1) is 23.3 Å². The summed E-state index contributed by atoms with van der Waals surface area (Å²) in [6, 6.07) is 1.78. The quantitative estimate of drug-likeness (QED) is 0.178. The van der Waals surface area contributed by atoms with E-state index < -0.39 is 90.7 Å². The molecule has 2 N–H and O–H groups in total. The summed E-state index contributed by atoms with van der Waals surface area (Å²) in [7, 11) is 1.04. The molecule has 1 saturated heterocycles. The van der Waals surface area contributed by atoms with Crippen LogP contribution in [0.1, 0.15) is 47.4 Å². The van der Waals surface area contributed by atoms with Crippen LogP contribution >= 0.6 is 0 Å². The molecular formula is C33H33F7N4O6. The number of nitrogens with one attached hydrogen (secondary N) is 2. The lowest BCUT2D eigenvalue weighted by atomic mass is 9.82. The lowest BCUT2D eigenvalue weighted by molar-refractivity contribution is -0.158. The lowest BCUT2D eigenvalue weighted by Gasteiger charge is -2.30. The first kappa shape index (κ1) is 38.2. The van der Waals surface area contributed by atoms with E-state index in [9.17, 15) is 40.7 Å². The molecule has 1 aliphatic heterocycles. The standard InChI is InChI=1S/C33H33F7N4O6/c1-48-32(47)44-31(30(20-8-21(34)13-41-12-20)18-2-5-25(35)26(36)9-18)28(45)10-19-11-42-15-27(37)24(19)4-3-23-14-43-22(16-49-23)17-50-29(46)6-7-33(38,39)40/h2,5,8-9,11-13,15,22-23,30-31,43H,3-4,6-7,10,14,16-17H2,1H3,(H,44,47)/t22-,23+,30-,31+/m0/s1. The van der Waals surface area contributed by atoms with Crippen LogP contribution in [0.5, 0.6) is 0 Å². The van der Waals surface area contributed by atoms with Crippen molar-refractivity contribution >= 4 is 17.8 Å². The average molecular weight is 715 g/mol. The topological polar surface area (TPSA) is 129 Å². The molecule has 0 saturated carbocycles. The summed E-state index contributed by atoms with van der Waals surface area (Å²) in [5, 5.41) is 5.46. The molecule has 3 heterocycles. The molecule has 0 unspecified atom stereocenters. The Balaban J connectivity index is 1.47. The van der Waals surface area contributed by atoms with Crippen molar-refractivity contribution in [3.05, 3.63) is 94.6 Å². The van der Waals surface area contributed by atoms with Crippen LogP contribution in [0.3, 0.4) is 0 Å². The summed E-state index contributed by atoms with van der Waals surface area (Å²) in [6.45, 7) is 0.101. The first-order valence-corrected chi connectivity index (χ1v) is 15.3. The van der Waals surface area contributed by atoms with Crippen LogP contribution in [-0.4, -0.2) is 79.0 Å². The number of carbonyl (C=O) groups is 3. The highest BCUT2D eigenvalue weighted by Crippen LogP contribution is 2.31. The number of hydrogen-bond donors (Lipinski definition) is 2. The van der Waals surface area contributed by atoms with E-state index in [1.54, 1.807) is 0 Å². The fourth-order valence-corrected chi connectivity index (χ4v) is 5.42. The number of alkyl halides is 3. The predicted molar refractivity (Wildman–Crippen MR) is 161 cm³/mol. The van der Waals surface area contributed by atoms with Gasteiger partial charge in [0.05, 0.1) is 51.1 Å². The van der Waals surface area contributed by atoms with Gasteiger partial charge in [-0.15, -0.1) is 0 Å². The molecule has 17 heteroatoms. The number of pyridine rings is 2. The van der Waals surface area contributed by atoms with Gasteiger partial charge in [-0.1, -0.05) is 6.07 Å². The third kappa shape index (κ3) is 10.9. The number of nitrogens with zero attached hydrogens (tertiary/aromatic N) is 2. The Morgan fingerprint density at radius 2 is 1.76 bits per heavy atom. The molecule has 0 aliphatic carbocycles. The number of alkyl carbamates (subject to hydrolysis) is 1. The number of benzene rings is 1. The van der Waals surface area contributed by atoms with E-state index in [0.29, 0.717) is 0 Å². The van der Waals surface area contributed by atoms with Crippen LogP contribution in [0.15, 0.2) is 49.1 Å². The zero-order valence-corrected chi connectivity index (χ0v) is 26.6. The van der Waals surface area contributed by atoms with Crippen LogP contribution in [-0.2, 0) is 36.6 Å². The van der Waals surface area contributed by atoms with Gasteiger partial charge in [0, 0.05) is 31.3 Å². The van der Waals surface area contributed by atoms with Gasteiger partial charge in [-0.2, -0.15) is 13.2 Å². The maximum absolute atomic E-state index is 15.1. The van der Waals surface area contributed by atoms with Crippen molar-refractivity contribution in [1.29, 1.82) is 0 Å². The molecule has 1 aliphatic rings. The summed E-state index contributed by atoms with van der Waals surface area (Å²) in [4.78, 5) is 45.6. The van der Waals surface area contributed by atoms with Crippen molar-refractivity contribution in [2.75, 3.05) is 26.9 Å². The molecule has 4 rings (SSSR count). The number of ketones is 1. The Kier molecular flexibility index (Phi) is 13.2. The van der Waals surface area contributed by atoms with Gasteiger partial charge < -0.3 is 24.8 Å². The number of ether oxygens (including phenoxy) is 3. The average Bonchev–Trinajstić information content (AvgIpc) is 3.07. The maximum Gasteiger partial charge on any atom is 0.407 e. The van der Waals surface area contributed by atoms with Crippen molar-refractivity contribution in [1.82, 2.24) is 20.6 Å². The SMILES string of the molecule is COC(=O)N[C@H](C(=O)Cc1cncc(F)c1CC[C@@H]1CN[C@H](COC(=O)CCC(F)(F)F)CO1)[C@H](c1cncc(F)c1)c1ccc(F)c(F)c1. The maximum atomic E-state index is 15.1. The highest BCUT2D eigenvalue weighted by molar-refractivity contribution is 5.90. The number of hydrogen-bond acceptors (Lipinski definition) is 9. The van der Waals surface area contributed by atoms with E-state index in [4.69, 9.17) is 14.2 Å². The van der Waals surface area contributed by atoms with E-state index >= 15 is 4.39 Å². The number of Topliss-reactive ketones (excluding diaryl/α,β-unsaturated/α-hetero) is 1. The molecule has 2 aromatic heterocycles. The van der Waals surface area contributed by atoms with E-state index in [1.807, 2.05) is 0 Å². The molecule has 1 amide bonds. The number of halogens is 7. The summed E-state index contributed by atoms with van der Waals surface area (Å²) >= 11 is 0. The van der Waals surface area contributed by atoms with Gasteiger partial charge in [-0.25, -0.2) is 22.4 Å². The van der Waals surface area contributed by atoms with E-state index in [-0.39, 0.29) is 54.9 Å². The summed E-state index contributed by atoms with van der Waals surface area (Å²) in [5.41, 5.74) is 0.311. The smallest absolute Gasteiger partial charge is 0.407 e. The van der Waals surface area contributed by atoms with Gasteiger partial charge in [0.2, 0.25) is 0 Å². The highest BCUT2D eigenvalue weighted by atomic mass is 19.4. The van der Waals surface area contributed by atoms with E-state index in [1.165, 1.54) is 18.5 Å². The van der Waals surface area contributed by atoms with E-state index in [0.717, 1.165) is 37.7 Å². The fraction of sp³-hybridized carbons (Fsp3) is 0.424. The Hall–Kier alpha value is -4.64. The number of esters is 1. The first-order chi connectivity index (χ1) is 23.7. The minimum atomic E-state index is -4.48. The summed E-state index contributed by atoms with van der Waals surface area (Å²) < 4.78 is 110. The Morgan fingerprint density at radius 3 is 2.42 bits per heavy atom. The molecule has 50 heavy (non-hydrogen) atoms. The Bertz CT molecular complexity index is 1650. The van der Waals surface area contributed by atoms with Crippen molar-refractivity contribution in [3.8, 4) is 0 Å². The molecule has 1 aromatic carbocycles. The molecule has 3 aromatic rings. The molecule has 1 fully saturated rings. The third-order valence-corrected chi connectivity index (χ3v) is 7.93. The van der Waals surface area contributed by atoms with Crippen LogP contribution < -0.4 is 10.6 Å². The van der Waals surface area contributed by atoms with Crippen molar-refractivity contribution in [2.24, 2.45) is 0 Å². The number of morpholine rings is 1. The number of amides is 1. The molecule has 0 spiro atoms. The number of aromatic nitrogens is 2. The second kappa shape index (κ2) is 17.3. The zero-order valence-electron chi connectivity index (χ0n) is 26.6. The zero-order chi connectivity index (χ0) is 36.4. The molecule has 270 valence electrons. The molecule has 10 nitrogen and oxygen atoms in total. The van der Waals surface area contributed by atoms with Crippen LogP contribution in [0.25, 0.3) is 0 Å². The van der Waals surface area contributed by atoms with Crippen molar-refractivity contribution < 1.29 is 59.3 Å². The second-order valence-corrected chi connectivity index (χ2v) is 11.5. The van der Waals surface area contributed by atoms with Gasteiger partial charge in [-0.3, -0.25) is 19.6 Å². The highest BCUT2D eigenvalue weighted by Gasteiger charge is 2.35. The van der Waals surface area contributed by atoms with Gasteiger partial charge in [0.1, 0.15) is 24.3 Å². The minimum Gasteiger partial charge on any atom is -0.464 e. The normalized spacial score (nSPS) is 17.4. The van der Waals surface area contributed by atoms with Gasteiger partial charge in [-0.05, 0) is 53.3 Å². The molecule has 0 radical (unpaired) electrons. The molecule has 0 bridgehead atoms. The van der Waals surface area contributed by atoms with Gasteiger partial charge in [0.15, 0.2) is 17.4 Å². The van der Waals surface area contributed by atoms with Crippen molar-refractivity contribution in [3.63, 3.8) is 0 Å². The summed E-state index contributed by atoms with van der Waals surface area (Å²) in [6.07, 6.45) is -3.93. The van der Waals surface area contributed by atoms with E-state index in [2.05, 4.69) is 20.6 Å². The Morgan fingerprint density at radius 1 is 1.00 bits per heavy atom. The first-order valence-electron chi connectivity index (χ1n) is 15.3. The summed E-state index contributed by atoms with van der Waals surface area (Å²) in [5.74, 6) is -6.98. The van der Waals surface area contributed by atoms with Crippen molar-refractivity contribution in [2.45, 2.75) is 62.4 Å². The molecular weight excluding hydrogens is 681 g/mol. The third-order valence-electron chi connectivity index (χ3n) is 7.93. The molecule has 4 atom stereocenters. The number of methoxy groups -OCH3 is 1. The van der Waals surface area contributed by atoms with Gasteiger partial charge in [0.25, 0.3) is 0 Å². The number of carbonyl (C=O) groups excluding carboxylic acids is 3. The lowest BCUT2D eigenvalue weighted by Crippen LogP contribution is -2.49. The largest absolute Gasteiger partial charge is 0.464 e.